The SMILES string of the molecule is Cc1cc(O)cc(C)c1[S+](c1cc(F)cc(F)c1)c1cc(F)cc(F)c1. The molecule has 0 bridgehead atoms. The molecule has 3 aromatic rings. The molecular formula is C20H15F4OS+. The minimum Gasteiger partial charge on any atom is -0.508 e. The zero-order valence-corrected chi connectivity index (χ0v) is 14.8. The third kappa shape index (κ3) is 3.70. The summed E-state index contributed by atoms with van der Waals surface area (Å²) in [5.41, 5.74) is 1.31. The van der Waals surface area contributed by atoms with E-state index in [0.717, 1.165) is 36.4 Å². The molecule has 0 heterocycles. The fourth-order valence-electron chi connectivity index (χ4n) is 2.91. The predicted octanol–water partition coefficient (Wildman–Crippen LogP) is 5.66. The van der Waals surface area contributed by atoms with Crippen LogP contribution in [0.1, 0.15) is 11.1 Å². The summed E-state index contributed by atoms with van der Waals surface area (Å²) in [6.07, 6.45) is 0. The Labute approximate surface area is 151 Å². The standard InChI is InChI=1S/C20H14F4OS/c1-11-3-17(25)4-12(2)20(11)26(18-7-13(21)5-14(22)8-18)19-9-15(23)6-16(24)10-19/h3-10H,1-2H3/p+1. The van der Waals surface area contributed by atoms with E-state index in [9.17, 15) is 22.7 Å². The Morgan fingerprint density at radius 1 is 0.615 bits per heavy atom. The Balaban J connectivity index is 2.33. The molecular weight excluding hydrogens is 364 g/mol. The first-order valence-corrected chi connectivity index (χ1v) is 8.94. The first kappa shape index (κ1) is 18.3. The second kappa shape index (κ2) is 7.03. The summed E-state index contributed by atoms with van der Waals surface area (Å²) >= 11 is 0. The molecule has 0 aliphatic carbocycles. The molecule has 0 unspecified atom stereocenters. The van der Waals surface area contributed by atoms with Gasteiger partial charge in [-0.15, -0.1) is 0 Å². The van der Waals surface area contributed by atoms with Crippen LogP contribution < -0.4 is 0 Å². The molecule has 0 saturated carbocycles. The predicted molar refractivity (Wildman–Crippen MR) is 92.5 cm³/mol. The molecule has 3 aromatic carbocycles. The molecule has 6 heteroatoms. The molecule has 0 fully saturated rings. The smallest absolute Gasteiger partial charge is 0.172 e. The van der Waals surface area contributed by atoms with Gasteiger partial charge in [-0.2, -0.15) is 0 Å². The molecule has 0 aliphatic heterocycles. The Bertz CT molecular complexity index is 873. The van der Waals surface area contributed by atoms with Gasteiger partial charge in [-0.3, -0.25) is 0 Å². The van der Waals surface area contributed by atoms with Crippen LogP contribution in [0.25, 0.3) is 0 Å². The topological polar surface area (TPSA) is 20.2 Å². The number of aromatic hydroxyl groups is 1. The highest BCUT2D eigenvalue weighted by molar-refractivity contribution is 7.97. The van der Waals surface area contributed by atoms with Crippen molar-refractivity contribution in [3.8, 4) is 5.75 Å². The number of phenolic OH excluding ortho intramolecular Hbond substituents is 1. The van der Waals surface area contributed by atoms with Crippen molar-refractivity contribution < 1.29 is 22.7 Å². The first-order chi connectivity index (χ1) is 12.2. The van der Waals surface area contributed by atoms with Crippen molar-refractivity contribution in [1.82, 2.24) is 0 Å². The molecule has 1 N–H and O–H groups in total. The molecule has 134 valence electrons. The molecule has 26 heavy (non-hydrogen) atoms. The van der Waals surface area contributed by atoms with Crippen molar-refractivity contribution >= 4 is 10.9 Å². The van der Waals surface area contributed by atoms with Crippen LogP contribution in [-0.2, 0) is 10.9 Å². The summed E-state index contributed by atoms with van der Waals surface area (Å²) in [7, 11) is -1.16. The van der Waals surface area contributed by atoms with Gasteiger partial charge in [0.05, 0.1) is 0 Å². The van der Waals surface area contributed by atoms with E-state index in [0.29, 0.717) is 16.0 Å². The Hall–Kier alpha value is -2.47. The van der Waals surface area contributed by atoms with Gasteiger partial charge in [0.15, 0.2) is 14.7 Å². The number of phenols is 1. The number of aryl methyl sites for hydroxylation is 2. The lowest BCUT2D eigenvalue weighted by Gasteiger charge is -2.13. The molecule has 3 rings (SSSR count). The van der Waals surface area contributed by atoms with Crippen molar-refractivity contribution in [1.29, 1.82) is 0 Å². The fraction of sp³-hybridized carbons (Fsp3) is 0.100. The zero-order chi connectivity index (χ0) is 19.0. The van der Waals surface area contributed by atoms with Crippen LogP contribution in [0.5, 0.6) is 5.75 Å². The summed E-state index contributed by atoms with van der Waals surface area (Å²) in [5.74, 6) is -3.05. The second-order valence-electron chi connectivity index (χ2n) is 5.93. The maximum Gasteiger partial charge on any atom is 0.172 e. The molecule has 0 aliphatic rings. The summed E-state index contributed by atoms with van der Waals surface area (Å²) in [6, 6.07) is 9.12. The molecule has 0 amide bonds. The van der Waals surface area contributed by atoms with Crippen LogP contribution in [-0.4, -0.2) is 5.11 Å². The number of hydrogen-bond donors (Lipinski definition) is 1. The van der Waals surface area contributed by atoms with Gasteiger partial charge in [-0.25, -0.2) is 17.6 Å². The Kier molecular flexibility index (Phi) is 4.96. The van der Waals surface area contributed by atoms with Gasteiger partial charge in [-0.05, 0) is 26.0 Å². The molecule has 1 nitrogen and oxygen atoms in total. The third-order valence-corrected chi connectivity index (χ3v) is 6.26. The third-order valence-electron chi connectivity index (χ3n) is 3.79. The van der Waals surface area contributed by atoms with Crippen LogP contribution in [0.15, 0.2) is 63.2 Å². The molecule has 0 saturated heterocycles. The largest absolute Gasteiger partial charge is 0.508 e. The van der Waals surface area contributed by atoms with E-state index < -0.39 is 34.2 Å². The summed E-state index contributed by atoms with van der Waals surface area (Å²) < 4.78 is 55.3. The maximum absolute atomic E-state index is 13.8. The number of rotatable bonds is 3. The average molecular weight is 379 g/mol. The van der Waals surface area contributed by atoms with E-state index in [-0.39, 0.29) is 15.5 Å². The monoisotopic (exact) mass is 379 g/mol. The van der Waals surface area contributed by atoms with Crippen molar-refractivity contribution in [3.63, 3.8) is 0 Å². The minimum atomic E-state index is -1.16. The number of hydrogen-bond acceptors (Lipinski definition) is 1. The second-order valence-corrected chi connectivity index (χ2v) is 7.89. The lowest BCUT2D eigenvalue weighted by atomic mass is 10.1. The van der Waals surface area contributed by atoms with Gasteiger partial charge < -0.3 is 5.11 Å². The van der Waals surface area contributed by atoms with E-state index in [4.69, 9.17) is 0 Å². The molecule has 0 aromatic heterocycles. The normalized spacial score (nSPS) is 11.2. The highest BCUT2D eigenvalue weighted by Crippen LogP contribution is 2.37. The highest BCUT2D eigenvalue weighted by atomic mass is 32.2. The molecule has 0 spiro atoms. The van der Waals surface area contributed by atoms with Crippen molar-refractivity contribution in [3.05, 3.63) is 82.9 Å². The lowest BCUT2D eigenvalue weighted by molar-refractivity contribution is 0.473. The van der Waals surface area contributed by atoms with E-state index in [2.05, 4.69) is 0 Å². The van der Waals surface area contributed by atoms with Crippen molar-refractivity contribution in [2.24, 2.45) is 0 Å². The Morgan fingerprint density at radius 2 is 0.962 bits per heavy atom. The fourth-order valence-corrected chi connectivity index (χ4v) is 5.34. The lowest BCUT2D eigenvalue weighted by Crippen LogP contribution is -2.10. The van der Waals surface area contributed by atoms with Crippen molar-refractivity contribution in [2.45, 2.75) is 28.5 Å². The van der Waals surface area contributed by atoms with Gasteiger partial charge >= 0.3 is 0 Å². The van der Waals surface area contributed by atoms with Crippen LogP contribution >= 0.6 is 0 Å². The summed E-state index contributed by atoms with van der Waals surface area (Å²) in [6.45, 7) is 3.46. The average Bonchev–Trinajstić information content (AvgIpc) is 2.48. The van der Waals surface area contributed by atoms with Gasteiger partial charge in [0.2, 0.25) is 0 Å². The van der Waals surface area contributed by atoms with Crippen molar-refractivity contribution in [2.75, 3.05) is 0 Å². The maximum atomic E-state index is 13.8. The molecule has 0 radical (unpaired) electrons. The van der Waals surface area contributed by atoms with Crippen LogP contribution in [0, 0.1) is 37.1 Å². The number of benzene rings is 3. The number of halogens is 4. The zero-order valence-electron chi connectivity index (χ0n) is 14.0. The first-order valence-electron chi connectivity index (χ1n) is 7.71. The van der Waals surface area contributed by atoms with Gasteiger partial charge in [-0.1, -0.05) is 0 Å². The quantitative estimate of drug-likeness (QED) is 0.460. The van der Waals surface area contributed by atoms with Crippen LogP contribution in [0.2, 0.25) is 0 Å². The molecule has 0 atom stereocenters. The van der Waals surface area contributed by atoms with E-state index >= 15 is 0 Å². The van der Waals surface area contributed by atoms with Gasteiger partial charge in [0, 0.05) is 47.5 Å². The Morgan fingerprint density at radius 3 is 1.31 bits per heavy atom. The highest BCUT2D eigenvalue weighted by Gasteiger charge is 2.34. The van der Waals surface area contributed by atoms with Gasteiger partial charge in [0.1, 0.15) is 39.9 Å². The van der Waals surface area contributed by atoms with Crippen LogP contribution in [0.3, 0.4) is 0 Å². The van der Waals surface area contributed by atoms with E-state index in [1.165, 1.54) is 12.1 Å². The van der Waals surface area contributed by atoms with E-state index in [1.807, 2.05) is 0 Å². The van der Waals surface area contributed by atoms with Crippen LogP contribution in [0.4, 0.5) is 17.6 Å². The van der Waals surface area contributed by atoms with E-state index in [1.54, 1.807) is 13.8 Å². The summed E-state index contributed by atoms with van der Waals surface area (Å²) in [4.78, 5) is 1.16. The van der Waals surface area contributed by atoms with Gasteiger partial charge in [0.25, 0.3) is 0 Å². The minimum absolute atomic E-state index is 0.0446. The summed E-state index contributed by atoms with van der Waals surface area (Å²) in [5, 5.41) is 9.78.